The van der Waals surface area contributed by atoms with E-state index in [2.05, 4.69) is 10.0 Å². The second-order valence-corrected chi connectivity index (χ2v) is 7.71. The van der Waals surface area contributed by atoms with Crippen LogP contribution in [0.15, 0.2) is 47.4 Å². The van der Waals surface area contributed by atoms with Crippen LogP contribution in [0.2, 0.25) is 5.02 Å². The maximum Gasteiger partial charge on any atom is 0.242 e. The lowest BCUT2D eigenvalue weighted by molar-refractivity contribution is -0.117. The number of hydrogen-bond donors (Lipinski definition) is 2. The summed E-state index contributed by atoms with van der Waals surface area (Å²) in [5.41, 5.74) is 0.524. The number of anilines is 1. The highest BCUT2D eigenvalue weighted by molar-refractivity contribution is 7.89. The largest absolute Gasteiger partial charge is 0.497 e. The lowest BCUT2D eigenvalue weighted by Crippen LogP contribution is -2.41. The van der Waals surface area contributed by atoms with Crippen LogP contribution < -0.4 is 19.5 Å². The van der Waals surface area contributed by atoms with Gasteiger partial charge in [0, 0.05) is 5.69 Å². The predicted octanol–water partition coefficient (Wildman–Crippen LogP) is 3.05. The molecule has 0 fully saturated rings. The molecule has 9 heteroatoms. The van der Waals surface area contributed by atoms with E-state index in [-0.39, 0.29) is 9.92 Å². The first kappa shape index (κ1) is 21.0. The Bertz CT molecular complexity index is 900. The van der Waals surface area contributed by atoms with Gasteiger partial charge in [-0.1, -0.05) is 11.6 Å². The minimum Gasteiger partial charge on any atom is -0.497 e. The number of ether oxygens (including phenoxy) is 2. The highest BCUT2D eigenvalue weighted by Gasteiger charge is 2.23. The van der Waals surface area contributed by atoms with Crippen LogP contribution in [0.3, 0.4) is 0 Å². The summed E-state index contributed by atoms with van der Waals surface area (Å²) in [5, 5.41) is 2.81. The van der Waals surface area contributed by atoms with Crippen LogP contribution in [0.1, 0.15) is 13.8 Å². The average molecular weight is 413 g/mol. The first-order valence-corrected chi connectivity index (χ1v) is 10.0. The van der Waals surface area contributed by atoms with Gasteiger partial charge in [-0.15, -0.1) is 0 Å². The number of rotatable bonds is 8. The molecule has 146 valence electrons. The molecule has 2 rings (SSSR count). The molecule has 0 saturated carbocycles. The lowest BCUT2D eigenvalue weighted by atomic mass is 10.2. The van der Waals surface area contributed by atoms with Crippen molar-refractivity contribution in [2.75, 3.05) is 19.0 Å². The van der Waals surface area contributed by atoms with Crippen LogP contribution in [-0.2, 0) is 14.8 Å². The highest BCUT2D eigenvalue weighted by atomic mass is 35.5. The third-order valence-electron chi connectivity index (χ3n) is 3.60. The molecule has 7 nitrogen and oxygen atoms in total. The topological polar surface area (TPSA) is 93.7 Å². The van der Waals surface area contributed by atoms with Crippen LogP contribution >= 0.6 is 11.6 Å². The van der Waals surface area contributed by atoms with Crippen molar-refractivity contribution in [3.63, 3.8) is 0 Å². The van der Waals surface area contributed by atoms with Gasteiger partial charge in [-0.05, 0) is 56.3 Å². The van der Waals surface area contributed by atoms with Gasteiger partial charge in [0.05, 0.1) is 29.7 Å². The van der Waals surface area contributed by atoms with Crippen molar-refractivity contribution in [3.05, 3.63) is 47.5 Å². The summed E-state index contributed by atoms with van der Waals surface area (Å²) in [7, 11) is -2.39. The molecule has 0 aromatic heterocycles. The highest BCUT2D eigenvalue weighted by Crippen LogP contribution is 2.27. The number of methoxy groups -OCH3 is 1. The summed E-state index contributed by atoms with van der Waals surface area (Å²) in [6, 6.07) is 9.81. The monoisotopic (exact) mass is 412 g/mol. The normalized spacial score (nSPS) is 12.3. The zero-order valence-corrected chi connectivity index (χ0v) is 16.7. The summed E-state index contributed by atoms with van der Waals surface area (Å²) >= 11 is 6.04. The number of amides is 1. The van der Waals surface area contributed by atoms with E-state index >= 15 is 0 Å². The fraction of sp³-hybridized carbons (Fsp3) is 0.278. The molecule has 0 spiro atoms. The molecule has 0 aliphatic rings. The minimum absolute atomic E-state index is 0.0555. The Morgan fingerprint density at radius 2 is 1.85 bits per heavy atom. The fourth-order valence-corrected chi connectivity index (χ4v) is 3.73. The van der Waals surface area contributed by atoms with Gasteiger partial charge in [-0.25, -0.2) is 8.42 Å². The summed E-state index contributed by atoms with van der Waals surface area (Å²) < 4.78 is 37.7. The number of hydrogen-bond acceptors (Lipinski definition) is 5. The molecule has 0 heterocycles. The van der Waals surface area contributed by atoms with Crippen LogP contribution in [0.25, 0.3) is 0 Å². The molecule has 0 unspecified atom stereocenters. The first-order valence-electron chi connectivity index (χ1n) is 8.16. The molecule has 1 amide bonds. The standard InChI is InChI=1S/C18H21ClN2O5S/c1-4-26-17-10-9-15(11-16(17)19)27(23,24)21-12(2)18(22)20-13-5-7-14(25-3)8-6-13/h5-12,21H,4H2,1-3H3,(H,20,22)/t12-/m0/s1. The molecule has 0 radical (unpaired) electrons. The van der Waals surface area contributed by atoms with Crippen molar-refractivity contribution in [1.82, 2.24) is 4.72 Å². The number of benzene rings is 2. The molecule has 27 heavy (non-hydrogen) atoms. The molecule has 2 aromatic carbocycles. The Hall–Kier alpha value is -2.29. The Morgan fingerprint density at radius 3 is 2.41 bits per heavy atom. The molecule has 0 aliphatic heterocycles. The molecule has 2 aromatic rings. The second kappa shape index (κ2) is 9.07. The summed E-state index contributed by atoms with van der Waals surface area (Å²) in [6.45, 7) is 3.66. The number of carbonyl (C=O) groups is 1. The van der Waals surface area contributed by atoms with Crippen LogP contribution in [0.4, 0.5) is 5.69 Å². The number of sulfonamides is 1. The Kier molecular flexibility index (Phi) is 7.06. The van der Waals surface area contributed by atoms with Crippen LogP contribution in [0.5, 0.6) is 11.5 Å². The fourth-order valence-electron chi connectivity index (χ4n) is 2.20. The molecular formula is C18H21ClN2O5S. The van der Waals surface area contributed by atoms with E-state index in [0.717, 1.165) is 0 Å². The Balaban J connectivity index is 2.07. The van der Waals surface area contributed by atoms with Gasteiger partial charge in [0.25, 0.3) is 0 Å². The molecule has 1 atom stereocenters. The van der Waals surface area contributed by atoms with Gasteiger partial charge < -0.3 is 14.8 Å². The van der Waals surface area contributed by atoms with E-state index in [1.54, 1.807) is 31.2 Å². The Labute approximate surface area is 163 Å². The van der Waals surface area contributed by atoms with E-state index in [0.29, 0.717) is 23.8 Å². The zero-order chi connectivity index (χ0) is 20.0. The van der Waals surface area contributed by atoms with Crippen molar-refractivity contribution < 1.29 is 22.7 Å². The SMILES string of the molecule is CCOc1ccc(S(=O)(=O)N[C@@H](C)C(=O)Nc2ccc(OC)cc2)cc1Cl. The number of nitrogens with one attached hydrogen (secondary N) is 2. The predicted molar refractivity (Wildman–Crippen MR) is 104 cm³/mol. The molecule has 2 N–H and O–H groups in total. The molecule has 0 aliphatic carbocycles. The van der Waals surface area contributed by atoms with Crippen molar-refractivity contribution in [1.29, 1.82) is 0 Å². The van der Waals surface area contributed by atoms with Crippen molar-refractivity contribution in [2.45, 2.75) is 24.8 Å². The van der Waals surface area contributed by atoms with E-state index in [1.165, 1.54) is 32.2 Å². The number of halogens is 1. The van der Waals surface area contributed by atoms with Gasteiger partial charge in [0.2, 0.25) is 15.9 Å². The van der Waals surface area contributed by atoms with E-state index < -0.39 is 22.0 Å². The molecular weight excluding hydrogens is 392 g/mol. The van der Waals surface area contributed by atoms with Gasteiger partial charge in [0.15, 0.2) is 0 Å². The van der Waals surface area contributed by atoms with Gasteiger partial charge in [-0.2, -0.15) is 4.72 Å². The van der Waals surface area contributed by atoms with Gasteiger partial charge in [-0.3, -0.25) is 4.79 Å². The maximum atomic E-state index is 12.5. The quantitative estimate of drug-likeness (QED) is 0.695. The summed E-state index contributed by atoms with van der Waals surface area (Å²) in [5.74, 6) is 0.540. The lowest BCUT2D eigenvalue weighted by Gasteiger charge is -2.15. The van der Waals surface area contributed by atoms with Crippen LogP contribution in [0, 0.1) is 0 Å². The van der Waals surface area contributed by atoms with Gasteiger partial charge in [0.1, 0.15) is 11.5 Å². The minimum atomic E-state index is -3.93. The molecule has 0 bridgehead atoms. The van der Waals surface area contributed by atoms with E-state index in [9.17, 15) is 13.2 Å². The number of carbonyl (C=O) groups excluding carboxylic acids is 1. The van der Waals surface area contributed by atoms with Crippen molar-refractivity contribution in [2.24, 2.45) is 0 Å². The third kappa shape index (κ3) is 5.59. The second-order valence-electron chi connectivity index (χ2n) is 5.59. The van der Waals surface area contributed by atoms with E-state index in [4.69, 9.17) is 21.1 Å². The van der Waals surface area contributed by atoms with Crippen molar-refractivity contribution in [3.8, 4) is 11.5 Å². The molecule has 0 saturated heterocycles. The first-order chi connectivity index (χ1) is 12.8. The zero-order valence-electron chi connectivity index (χ0n) is 15.2. The van der Waals surface area contributed by atoms with E-state index in [1.807, 2.05) is 0 Å². The summed E-state index contributed by atoms with van der Waals surface area (Å²) in [4.78, 5) is 12.2. The smallest absolute Gasteiger partial charge is 0.242 e. The van der Waals surface area contributed by atoms with Gasteiger partial charge >= 0.3 is 0 Å². The third-order valence-corrected chi connectivity index (χ3v) is 5.43. The van der Waals surface area contributed by atoms with Crippen LogP contribution in [-0.4, -0.2) is 34.1 Å². The van der Waals surface area contributed by atoms with Crippen molar-refractivity contribution >= 4 is 33.2 Å². The average Bonchev–Trinajstić information content (AvgIpc) is 2.63. The summed E-state index contributed by atoms with van der Waals surface area (Å²) in [6.07, 6.45) is 0. The Morgan fingerprint density at radius 1 is 1.19 bits per heavy atom. The maximum absolute atomic E-state index is 12.5.